The molecule has 142 valence electrons. The van der Waals surface area contributed by atoms with Crippen LogP contribution >= 0.6 is 11.8 Å². The average Bonchev–Trinajstić information content (AvgIpc) is 2.60. The van der Waals surface area contributed by atoms with E-state index in [0.29, 0.717) is 35.1 Å². The number of nitrogens with one attached hydrogen (secondary N) is 1. The van der Waals surface area contributed by atoms with Gasteiger partial charge in [0.25, 0.3) is 0 Å². The summed E-state index contributed by atoms with van der Waals surface area (Å²) in [6, 6.07) is 8.32. The predicted octanol–water partition coefficient (Wildman–Crippen LogP) is 3.02. The Labute approximate surface area is 160 Å². The number of nitrogens with zero attached hydrogens (tertiary/aromatic N) is 3. The molecule has 6 nitrogen and oxygen atoms in total. The molecule has 1 heterocycles. The van der Waals surface area contributed by atoms with E-state index in [1.807, 2.05) is 0 Å². The fraction of sp³-hybridized carbons (Fsp3) is 0.333. The highest BCUT2D eigenvalue weighted by Crippen LogP contribution is 2.21. The van der Waals surface area contributed by atoms with E-state index in [4.69, 9.17) is 0 Å². The molecule has 2 rings (SSSR count). The standard InChI is InChI=1S/C18H18F2N4O2S/c1-11-15(9-21)17(24-12(2)23-11)27-10-16(25)22-8-7-13-3-5-14(6-4-13)26-18(19)20/h3-6,18H,7-8,10H2,1-2H3,(H,22,25). The maximum atomic E-state index is 12.1. The van der Waals surface area contributed by atoms with Crippen LogP contribution in [0.1, 0.15) is 22.6 Å². The maximum absolute atomic E-state index is 12.1. The van der Waals surface area contributed by atoms with Gasteiger partial charge < -0.3 is 10.1 Å². The van der Waals surface area contributed by atoms with Crippen LogP contribution in [0.25, 0.3) is 0 Å². The zero-order valence-electron chi connectivity index (χ0n) is 14.8. The van der Waals surface area contributed by atoms with Crippen molar-refractivity contribution in [2.75, 3.05) is 12.3 Å². The topological polar surface area (TPSA) is 87.9 Å². The lowest BCUT2D eigenvalue weighted by Gasteiger charge is -2.08. The lowest BCUT2D eigenvalue weighted by Crippen LogP contribution is -2.27. The zero-order valence-corrected chi connectivity index (χ0v) is 15.6. The minimum absolute atomic E-state index is 0.0953. The first-order valence-corrected chi connectivity index (χ1v) is 9.06. The summed E-state index contributed by atoms with van der Waals surface area (Å²) in [6.07, 6.45) is 0.556. The molecule has 1 aromatic heterocycles. The molecule has 1 amide bonds. The van der Waals surface area contributed by atoms with Crippen molar-refractivity contribution in [3.05, 3.63) is 46.9 Å². The molecule has 1 aromatic carbocycles. The number of aromatic nitrogens is 2. The first-order valence-electron chi connectivity index (χ1n) is 8.07. The number of nitriles is 1. The third-order valence-electron chi connectivity index (χ3n) is 3.50. The van der Waals surface area contributed by atoms with Crippen LogP contribution in [0.3, 0.4) is 0 Å². The quantitative estimate of drug-likeness (QED) is 0.549. The van der Waals surface area contributed by atoms with Crippen LogP contribution in [0.4, 0.5) is 8.78 Å². The molecule has 0 saturated heterocycles. The van der Waals surface area contributed by atoms with Crippen molar-refractivity contribution in [2.24, 2.45) is 0 Å². The fourth-order valence-electron chi connectivity index (χ4n) is 2.28. The molecule has 27 heavy (non-hydrogen) atoms. The van der Waals surface area contributed by atoms with Gasteiger partial charge in [0.2, 0.25) is 5.91 Å². The Balaban J connectivity index is 1.79. The van der Waals surface area contributed by atoms with Gasteiger partial charge in [-0.25, -0.2) is 9.97 Å². The summed E-state index contributed by atoms with van der Waals surface area (Å²) in [5.41, 5.74) is 1.86. The molecular formula is C18H18F2N4O2S. The SMILES string of the molecule is Cc1nc(C)c(C#N)c(SCC(=O)NCCc2ccc(OC(F)F)cc2)n1. The van der Waals surface area contributed by atoms with Crippen LogP contribution in [0.2, 0.25) is 0 Å². The molecule has 9 heteroatoms. The van der Waals surface area contributed by atoms with Gasteiger partial charge in [-0.15, -0.1) is 0 Å². The lowest BCUT2D eigenvalue weighted by atomic mass is 10.1. The van der Waals surface area contributed by atoms with Gasteiger partial charge in [-0.3, -0.25) is 4.79 Å². The number of ether oxygens (including phenoxy) is 1. The second-order valence-electron chi connectivity index (χ2n) is 5.56. The van der Waals surface area contributed by atoms with Crippen molar-refractivity contribution < 1.29 is 18.3 Å². The summed E-state index contributed by atoms with van der Waals surface area (Å²) < 4.78 is 28.5. The van der Waals surface area contributed by atoms with Gasteiger partial charge >= 0.3 is 6.61 Å². The van der Waals surface area contributed by atoms with Crippen LogP contribution in [0.5, 0.6) is 5.75 Å². The Bertz CT molecular complexity index is 838. The van der Waals surface area contributed by atoms with Crippen LogP contribution in [-0.2, 0) is 11.2 Å². The van der Waals surface area contributed by atoms with Crippen molar-refractivity contribution in [3.63, 3.8) is 0 Å². The molecule has 0 radical (unpaired) electrons. The smallest absolute Gasteiger partial charge is 0.387 e. The van der Waals surface area contributed by atoms with Crippen LogP contribution < -0.4 is 10.1 Å². The summed E-state index contributed by atoms with van der Waals surface area (Å²) in [7, 11) is 0. The molecule has 0 fully saturated rings. The van der Waals surface area contributed by atoms with Gasteiger partial charge in [0, 0.05) is 6.54 Å². The van der Waals surface area contributed by atoms with Crippen LogP contribution in [-0.4, -0.2) is 34.8 Å². The van der Waals surface area contributed by atoms with Gasteiger partial charge in [0.05, 0.1) is 11.4 Å². The number of rotatable bonds is 8. The number of alkyl halides is 2. The predicted molar refractivity (Wildman–Crippen MR) is 96.7 cm³/mol. The monoisotopic (exact) mass is 392 g/mol. The van der Waals surface area contributed by atoms with Gasteiger partial charge in [0.1, 0.15) is 28.2 Å². The van der Waals surface area contributed by atoms with Crippen molar-refractivity contribution in [1.29, 1.82) is 5.26 Å². The maximum Gasteiger partial charge on any atom is 0.387 e. The third-order valence-corrected chi connectivity index (χ3v) is 4.48. The van der Waals surface area contributed by atoms with E-state index in [0.717, 1.165) is 5.56 Å². The van der Waals surface area contributed by atoms with Gasteiger partial charge in [-0.05, 0) is 38.0 Å². The number of amides is 1. The fourth-order valence-corrected chi connectivity index (χ4v) is 3.19. The van der Waals surface area contributed by atoms with Crippen molar-refractivity contribution in [2.45, 2.75) is 31.9 Å². The van der Waals surface area contributed by atoms with Crippen molar-refractivity contribution in [3.8, 4) is 11.8 Å². The molecule has 0 bridgehead atoms. The zero-order chi connectivity index (χ0) is 19.8. The van der Waals surface area contributed by atoms with Gasteiger partial charge in [-0.1, -0.05) is 23.9 Å². The highest BCUT2D eigenvalue weighted by Gasteiger charge is 2.12. The number of hydrogen-bond acceptors (Lipinski definition) is 6. The Morgan fingerprint density at radius 3 is 2.63 bits per heavy atom. The van der Waals surface area contributed by atoms with E-state index < -0.39 is 6.61 Å². The second-order valence-corrected chi connectivity index (χ2v) is 6.52. The molecule has 1 N–H and O–H groups in total. The summed E-state index contributed by atoms with van der Waals surface area (Å²) in [6.45, 7) is 1.02. The Morgan fingerprint density at radius 2 is 2.00 bits per heavy atom. The van der Waals surface area contributed by atoms with E-state index >= 15 is 0 Å². The summed E-state index contributed by atoms with van der Waals surface area (Å²) in [4.78, 5) is 20.3. The molecule has 0 unspecified atom stereocenters. The minimum Gasteiger partial charge on any atom is -0.435 e. The van der Waals surface area contributed by atoms with Gasteiger partial charge in [-0.2, -0.15) is 14.0 Å². The Hall–Kier alpha value is -2.73. The lowest BCUT2D eigenvalue weighted by molar-refractivity contribution is -0.118. The average molecular weight is 392 g/mol. The number of carbonyl (C=O) groups excluding carboxylic acids is 1. The number of aryl methyl sites for hydroxylation is 2. The van der Waals surface area contributed by atoms with E-state index in [2.05, 4.69) is 26.1 Å². The minimum atomic E-state index is -2.85. The summed E-state index contributed by atoms with van der Waals surface area (Å²) in [5, 5.41) is 12.5. The van der Waals surface area contributed by atoms with E-state index in [1.165, 1.54) is 23.9 Å². The summed E-state index contributed by atoms with van der Waals surface area (Å²) in [5.74, 6) is 0.591. The molecular weight excluding hydrogens is 374 g/mol. The van der Waals surface area contributed by atoms with Crippen molar-refractivity contribution in [1.82, 2.24) is 15.3 Å². The molecule has 2 aromatic rings. The van der Waals surface area contributed by atoms with Crippen molar-refractivity contribution >= 4 is 17.7 Å². The Kier molecular flexibility index (Phi) is 7.49. The number of thioether (sulfide) groups is 1. The highest BCUT2D eigenvalue weighted by atomic mass is 32.2. The number of hydrogen-bond donors (Lipinski definition) is 1. The molecule has 0 aliphatic heterocycles. The second kappa shape index (κ2) is 9.83. The largest absolute Gasteiger partial charge is 0.435 e. The third kappa shape index (κ3) is 6.49. The number of carbonyl (C=O) groups is 1. The molecule has 0 spiro atoms. The van der Waals surface area contributed by atoms with Crippen LogP contribution in [0.15, 0.2) is 29.3 Å². The molecule has 0 atom stereocenters. The van der Waals surface area contributed by atoms with E-state index in [-0.39, 0.29) is 17.4 Å². The van der Waals surface area contributed by atoms with Crippen LogP contribution in [0, 0.1) is 25.2 Å². The van der Waals surface area contributed by atoms with E-state index in [9.17, 15) is 18.8 Å². The summed E-state index contributed by atoms with van der Waals surface area (Å²) >= 11 is 1.19. The van der Waals surface area contributed by atoms with Gasteiger partial charge in [0.15, 0.2) is 0 Å². The number of benzene rings is 1. The molecule has 0 aliphatic rings. The Morgan fingerprint density at radius 1 is 1.30 bits per heavy atom. The molecule has 0 aliphatic carbocycles. The molecule has 0 saturated carbocycles. The number of halogens is 2. The first-order chi connectivity index (χ1) is 12.9. The first kappa shape index (κ1) is 20.6. The normalized spacial score (nSPS) is 10.5. The highest BCUT2D eigenvalue weighted by molar-refractivity contribution is 8.00. The van der Waals surface area contributed by atoms with E-state index in [1.54, 1.807) is 26.0 Å².